The third-order valence-corrected chi connectivity index (χ3v) is 12.1. The molecule has 68 heavy (non-hydrogen) atoms. The zero-order valence-corrected chi connectivity index (χ0v) is 36.2. The highest BCUT2D eigenvalue weighted by atomic mass is 16.8. The van der Waals surface area contributed by atoms with Gasteiger partial charge in [-0.05, 0) is 0 Å². The maximum Gasteiger partial charge on any atom is 0.364 e. The summed E-state index contributed by atoms with van der Waals surface area (Å²) in [5.74, 6) is -6.82. The summed E-state index contributed by atoms with van der Waals surface area (Å²) in [5, 5.41) is 184. The molecular formula is C37H62N2O29. The van der Waals surface area contributed by atoms with Gasteiger partial charge >= 0.3 is 5.97 Å². The molecule has 0 aromatic carbocycles. The number of carbonyl (C=O) groups is 3. The van der Waals surface area contributed by atoms with Gasteiger partial charge in [0.25, 0.3) is 5.79 Å². The van der Waals surface area contributed by atoms with Gasteiger partial charge in [0, 0.05) is 20.3 Å². The average Bonchev–Trinajstić information content (AvgIpc) is 3.29. The second kappa shape index (κ2) is 23.8. The van der Waals surface area contributed by atoms with E-state index < -0.39 is 216 Å². The van der Waals surface area contributed by atoms with Crippen LogP contribution in [0, 0.1) is 0 Å². The lowest BCUT2D eigenvalue weighted by atomic mass is 9.88. The fraction of sp³-hybridized carbons (Fsp3) is 0.919. The van der Waals surface area contributed by atoms with Crippen LogP contribution >= 0.6 is 0 Å². The van der Waals surface area contributed by atoms with Crippen LogP contribution < -0.4 is 10.6 Å². The van der Waals surface area contributed by atoms with Gasteiger partial charge in [-0.2, -0.15) is 0 Å². The molecule has 0 spiro atoms. The van der Waals surface area contributed by atoms with Crippen molar-refractivity contribution in [1.82, 2.24) is 10.6 Å². The standard InChI is InChI=1S/C37H62N2O29/c1-9(44)38-17-11(46)3-37(36(58)59,68-31(17)19(48)12(47)4-40)60-8-16-29(24(53)27(56)35(64-16)66-28-15(7-43)61-32(57)25(54)23(28)52)65-33-18(39-10(2)45)30(21(50)14(6-42)62-33)67-34-26(55)22(51)20(49)13(5-41)63-34/h11-35,40-43,46-57H,3-8H2,1-2H3,(H,38,44)(H,39,45)(H,58,59)/t11-,12+,13+,14+,15+,16+,17+,18+,19+,20-,21-,22-,23+,24+,25+,26+,27+,28+,29-,30+,31+,32+,33-,34-,35-,37+/m0/s1. The number of carboxylic acid groups (broad SMARTS) is 1. The first kappa shape index (κ1) is 56.3. The minimum Gasteiger partial charge on any atom is -0.477 e. The number of ether oxygens (including phenoxy) is 9. The molecule has 0 aromatic heterocycles. The van der Waals surface area contributed by atoms with Crippen molar-refractivity contribution in [1.29, 1.82) is 0 Å². The number of aliphatic carboxylic acids is 1. The molecule has 0 bridgehead atoms. The van der Waals surface area contributed by atoms with E-state index in [-0.39, 0.29) is 0 Å². The van der Waals surface area contributed by atoms with E-state index >= 15 is 0 Å². The van der Waals surface area contributed by atoms with Crippen molar-refractivity contribution in [2.24, 2.45) is 0 Å². The molecule has 5 fully saturated rings. The Morgan fingerprint density at radius 2 is 1.07 bits per heavy atom. The SMILES string of the molecule is CC(=O)N[C@H]1[C@H](O[C@@H]2[C@H](O)[C@@H](O)[C@H](O[C@H]3[C@H](O)[C@@H](O)[C@H](O)O[C@@H]3CO)O[C@@H]2CO[C@]2(C(=O)O)C[C@H](O)[C@@H](NC(C)=O)[C@H]([C@H](O)[C@H](O)CO)O2)O[C@H](CO)[C@H](O)[C@@H]1O[C@@H]1O[C@H](CO)[C@H](O)[C@H](O)[C@H]1O. The Balaban J connectivity index is 1.53. The van der Waals surface area contributed by atoms with Crippen molar-refractivity contribution in [3.63, 3.8) is 0 Å². The fourth-order valence-corrected chi connectivity index (χ4v) is 8.43. The van der Waals surface area contributed by atoms with Crippen molar-refractivity contribution >= 4 is 17.8 Å². The van der Waals surface area contributed by atoms with Gasteiger partial charge in [-0.15, -0.1) is 0 Å². The van der Waals surface area contributed by atoms with E-state index in [0.717, 1.165) is 13.8 Å². The predicted octanol–water partition coefficient (Wildman–Crippen LogP) is -12.4. The van der Waals surface area contributed by atoms with Crippen molar-refractivity contribution in [2.45, 2.75) is 179 Å². The summed E-state index contributed by atoms with van der Waals surface area (Å²) in [6, 6.07) is -3.46. The molecular weight excluding hydrogens is 936 g/mol. The number of hydrogen-bond donors (Lipinski definition) is 19. The van der Waals surface area contributed by atoms with Crippen LogP contribution in [0.2, 0.25) is 0 Å². The van der Waals surface area contributed by atoms with Crippen molar-refractivity contribution in [2.75, 3.05) is 33.0 Å². The second-order valence-corrected chi connectivity index (χ2v) is 16.9. The Morgan fingerprint density at radius 1 is 0.588 bits per heavy atom. The van der Waals surface area contributed by atoms with Crippen LogP contribution in [0.4, 0.5) is 0 Å². The van der Waals surface area contributed by atoms with Crippen LogP contribution in [0.15, 0.2) is 0 Å². The molecule has 31 nitrogen and oxygen atoms in total. The number of rotatable bonds is 18. The molecule has 394 valence electrons. The van der Waals surface area contributed by atoms with Gasteiger partial charge in [0.1, 0.15) is 116 Å². The molecule has 31 heteroatoms. The van der Waals surface area contributed by atoms with Crippen LogP contribution in [0.25, 0.3) is 0 Å². The summed E-state index contributed by atoms with van der Waals surface area (Å²) >= 11 is 0. The molecule has 5 heterocycles. The number of aliphatic hydroxyl groups excluding tert-OH is 16. The molecule has 0 unspecified atom stereocenters. The first-order valence-electron chi connectivity index (χ1n) is 21.2. The third-order valence-electron chi connectivity index (χ3n) is 12.1. The van der Waals surface area contributed by atoms with Gasteiger partial charge in [0.15, 0.2) is 25.2 Å². The van der Waals surface area contributed by atoms with Crippen LogP contribution in [0.5, 0.6) is 0 Å². The number of nitrogens with one attached hydrogen (secondary N) is 2. The Morgan fingerprint density at radius 3 is 1.63 bits per heavy atom. The van der Waals surface area contributed by atoms with Crippen molar-refractivity contribution < 1.29 is 144 Å². The first-order valence-corrected chi connectivity index (χ1v) is 21.2. The lowest BCUT2D eigenvalue weighted by Crippen LogP contribution is -2.70. The summed E-state index contributed by atoms with van der Waals surface area (Å²) in [7, 11) is 0. The molecule has 0 radical (unpaired) electrons. The minimum atomic E-state index is -3.09. The number of aliphatic hydroxyl groups is 16. The zero-order valence-electron chi connectivity index (χ0n) is 36.2. The fourth-order valence-electron chi connectivity index (χ4n) is 8.43. The second-order valence-electron chi connectivity index (χ2n) is 16.9. The van der Waals surface area contributed by atoms with Crippen LogP contribution in [0.1, 0.15) is 20.3 Å². The minimum absolute atomic E-state index is 0.815. The molecule has 5 aliphatic heterocycles. The third kappa shape index (κ3) is 12.0. The Bertz CT molecular complexity index is 1650. The van der Waals surface area contributed by atoms with Crippen molar-refractivity contribution in [3.8, 4) is 0 Å². The molecule has 26 atom stereocenters. The maximum atomic E-state index is 13.1. The molecule has 0 aliphatic carbocycles. The van der Waals surface area contributed by atoms with Crippen LogP contribution in [0.3, 0.4) is 0 Å². The molecule has 5 aliphatic rings. The Hall–Kier alpha value is -2.59. The summed E-state index contributed by atoms with van der Waals surface area (Å²) in [4.78, 5) is 37.8. The van der Waals surface area contributed by atoms with Crippen LogP contribution in [-0.4, -0.2) is 297 Å². The summed E-state index contributed by atoms with van der Waals surface area (Å²) in [6.45, 7) is -3.32. The number of carboxylic acids is 1. The summed E-state index contributed by atoms with van der Waals surface area (Å²) < 4.78 is 51.1. The first-order chi connectivity index (χ1) is 31.9. The van der Waals surface area contributed by atoms with Crippen molar-refractivity contribution in [3.05, 3.63) is 0 Å². The quantitative estimate of drug-likeness (QED) is 0.0606. The lowest BCUT2D eigenvalue weighted by molar-refractivity contribution is -0.384. The molecule has 0 saturated carbocycles. The topological polar surface area (TPSA) is 502 Å². The molecule has 2 amide bonds. The smallest absolute Gasteiger partial charge is 0.364 e. The highest BCUT2D eigenvalue weighted by Gasteiger charge is 2.59. The van der Waals surface area contributed by atoms with E-state index in [1.807, 2.05) is 0 Å². The van der Waals surface area contributed by atoms with E-state index in [2.05, 4.69) is 10.6 Å². The Kier molecular flexibility index (Phi) is 19.7. The van der Waals surface area contributed by atoms with Gasteiger partial charge in [-0.1, -0.05) is 0 Å². The van der Waals surface area contributed by atoms with Gasteiger partial charge in [-0.3, -0.25) is 9.59 Å². The number of carbonyl (C=O) groups excluding carboxylic acids is 2. The normalized spacial score (nSPS) is 46.6. The molecule has 19 N–H and O–H groups in total. The predicted molar refractivity (Wildman–Crippen MR) is 207 cm³/mol. The number of hydrogen-bond acceptors (Lipinski definition) is 28. The van der Waals surface area contributed by atoms with E-state index in [0.29, 0.717) is 0 Å². The summed E-state index contributed by atoms with van der Waals surface area (Å²) in [5.41, 5.74) is 0. The molecule has 5 saturated heterocycles. The zero-order chi connectivity index (χ0) is 50.7. The van der Waals surface area contributed by atoms with Crippen LogP contribution in [-0.2, 0) is 57.0 Å². The molecule has 5 rings (SSSR count). The maximum absolute atomic E-state index is 13.1. The summed E-state index contributed by atoms with van der Waals surface area (Å²) in [6.07, 6.45) is -47.3. The van der Waals surface area contributed by atoms with Gasteiger partial charge in [0.05, 0.1) is 45.2 Å². The Labute approximate surface area is 384 Å². The van der Waals surface area contributed by atoms with Gasteiger partial charge in [-0.25, -0.2) is 4.79 Å². The van der Waals surface area contributed by atoms with E-state index in [9.17, 15) is 101 Å². The van der Waals surface area contributed by atoms with E-state index in [1.54, 1.807) is 0 Å². The average molecular weight is 999 g/mol. The van der Waals surface area contributed by atoms with E-state index in [4.69, 9.17) is 42.6 Å². The number of amides is 2. The monoisotopic (exact) mass is 998 g/mol. The van der Waals surface area contributed by atoms with Gasteiger partial charge < -0.3 is 140 Å². The van der Waals surface area contributed by atoms with E-state index in [1.165, 1.54) is 0 Å². The highest BCUT2D eigenvalue weighted by molar-refractivity contribution is 5.76. The largest absolute Gasteiger partial charge is 0.477 e. The van der Waals surface area contributed by atoms with Gasteiger partial charge in [0.2, 0.25) is 11.8 Å². The molecule has 0 aromatic rings. The highest BCUT2D eigenvalue weighted by Crippen LogP contribution is 2.38. The lowest BCUT2D eigenvalue weighted by Gasteiger charge is -2.50.